The van der Waals surface area contributed by atoms with Crippen molar-refractivity contribution >= 4 is 17.7 Å². The zero-order valence-electron chi connectivity index (χ0n) is 6.19. The van der Waals surface area contributed by atoms with Crippen molar-refractivity contribution in [1.29, 1.82) is 0 Å². The smallest absolute Gasteiger partial charge is 0.259 e. The summed E-state index contributed by atoms with van der Waals surface area (Å²) in [7, 11) is 1.58. The normalized spacial score (nSPS) is 35.0. The number of hydrogen-bond donors (Lipinski definition) is 0. The summed E-state index contributed by atoms with van der Waals surface area (Å²) in [6.07, 6.45) is 3.63. The maximum Gasteiger partial charge on any atom is 0.259 e. The van der Waals surface area contributed by atoms with E-state index < -0.39 is 0 Å². The highest BCUT2D eigenvalue weighted by Gasteiger charge is 2.47. The number of amides is 1. The third-order valence-corrected chi connectivity index (χ3v) is 3.11. The minimum atomic E-state index is -0.204. The van der Waals surface area contributed by atoms with Gasteiger partial charge in [-0.3, -0.25) is 4.79 Å². The largest absolute Gasteiger partial charge is 0.368 e. The number of rotatable bonds is 1. The van der Waals surface area contributed by atoms with Crippen molar-refractivity contribution in [2.24, 2.45) is 0 Å². The standard InChI is InChI=1S/C7H9NO2S/c1-10-5-6(9)8-3-2-4-11-7(5)8/h2-3,5,7H,4H2,1H3/t5?,7-/m1/s1. The highest BCUT2D eigenvalue weighted by atomic mass is 32.2. The zero-order valence-corrected chi connectivity index (χ0v) is 7.00. The molecule has 1 unspecified atom stereocenters. The van der Waals surface area contributed by atoms with E-state index in [1.165, 1.54) is 0 Å². The third kappa shape index (κ3) is 0.895. The number of carbonyl (C=O) groups is 1. The molecule has 0 aliphatic carbocycles. The van der Waals surface area contributed by atoms with Crippen LogP contribution in [0.4, 0.5) is 0 Å². The molecule has 1 amide bonds. The van der Waals surface area contributed by atoms with Gasteiger partial charge < -0.3 is 9.64 Å². The summed E-state index contributed by atoms with van der Waals surface area (Å²) >= 11 is 1.74. The van der Waals surface area contributed by atoms with Gasteiger partial charge in [0.1, 0.15) is 5.37 Å². The molecule has 0 radical (unpaired) electrons. The van der Waals surface area contributed by atoms with Gasteiger partial charge in [0.05, 0.1) is 0 Å². The first-order valence-electron chi connectivity index (χ1n) is 3.48. The molecule has 2 atom stereocenters. The molecule has 2 aliphatic rings. The summed E-state index contributed by atoms with van der Waals surface area (Å²) in [4.78, 5) is 12.9. The van der Waals surface area contributed by atoms with E-state index in [9.17, 15) is 4.79 Å². The van der Waals surface area contributed by atoms with Crippen LogP contribution in [-0.2, 0) is 9.53 Å². The average molecular weight is 171 g/mol. The Morgan fingerprint density at radius 3 is 3.36 bits per heavy atom. The lowest BCUT2D eigenvalue weighted by Gasteiger charge is -2.45. The van der Waals surface area contributed by atoms with Crippen molar-refractivity contribution in [3.63, 3.8) is 0 Å². The second-order valence-corrected chi connectivity index (χ2v) is 3.66. The Bertz CT molecular complexity index is 216. The first-order chi connectivity index (χ1) is 5.34. The Morgan fingerprint density at radius 1 is 1.82 bits per heavy atom. The Balaban J connectivity index is 2.12. The first-order valence-corrected chi connectivity index (χ1v) is 4.52. The van der Waals surface area contributed by atoms with E-state index in [0.29, 0.717) is 0 Å². The summed E-state index contributed by atoms with van der Waals surface area (Å²) in [6.45, 7) is 0. The van der Waals surface area contributed by atoms with Crippen LogP contribution in [-0.4, -0.2) is 35.1 Å². The van der Waals surface area contributed by atoms with Gasteiger partial charge in [-0.2, -0.15) is 0 Å². The minimum absolute atomic E-state index is 0.0842. The van der Waals surface area contributed by atoms with Crippen LogP contribution in [0.5, 0.6) is 0 Å². The molecule has 3 nitrogen and oxygen atoms in total. The predicted octanol–water partition coefficient (Wildman–Crippen LogP) is 0.430. The van der Waals surface area contributed by atoms with Crippen LogP contribution < -0.4 is 0 Å². The van der Waals surface area contributed by atoms with E-state index in [1.54, 1.807) is 23.8 Å². The molecule has 1 fully saturated rings. The third-order valence-electron chi connectivity index (χ3n) is 1.91. The molecule has 0 N–H and O–H groups in total. The van der Waals surface area contributed by atoms with Crippen molar-refractivity contribution < 1.29 is 9.53 Å². The molecule has 2 rings (SSSR count). The SMILES string of the molecule is COC1C(=O)N2C=CCS[C@H]12. The molecule has 2 heterocycles. The quantitative estimate of drug-likeness (QED) is 0.536. The van der Waals surface area contributed by atoms with Gasteiger partial charge in [0, 0.05) is 19.1 Å². The summed E-state index contributed by atoms with van der Waals surface area (Å²) < 4.78 is 5.02. The zero-order chi connectivity index (χ0) is 7.84. The molecule has 1 saturated heterocycles. The van der Waals surface area contributed by atoms with Gasteiger partial charge in [-0.05, 0) is 0 Å². The van der Waals surface area contributed by atoms with Crippen molar-refractivity contribution in [2.75, 3.05) is 12.9 Å². The van der Waals surface area contributed by atoms with Gasteiger partial charge in [-0.25, -0.2) is 0 Å². The van der Waals surface area contributed by atoms with E-state index >= 15 is 0 Å². The lowest BCUT2D eigenvalue weighted by molar-refractivity contribution is -0.156. The summed E-state index contributed by atoms with van der Waals surface area (Å²) in [5.41, 5.74) is 0. The van der Waals surface area contributed by atoms with Crippen molar-refractivity contribution in [2.45, 2.75) is 11.5 Å². The second-order valence-electron chi connectivity index (χ2n) is 2.51. The monoisotopic (exact) mass is 171 g/mol. The fourth-order valence-electron chi connectivity index (χ4n) is 1.31. The molecule has 4 heteroatoms. The van der Waals surface area contributed by atoms with Gasteiger partial charge in [0.2, 0.25) is 0 Å². The number of β-lactam (4-membered cyclic amide) rings is 1. The van der Waals surface area contributed by atoms with Crippen LogP contribution in [0.1, 0.15) is 0 Å². The Kier molecular flexibility index (Phi) is 1.65. The van der Waals surface area contributed by atoms with Crippen LogP contribution in [0, 0.1) is 0 Å². The van der Waals surface area contributed by atoms with E-state index in [1.807, 2.05) is 12.3 Å². The topological polar surface area (TPSA) is 29.5 Å². The van der Waals surface area contributed by atoms with Crippen LogP contribution >= 0.6 is 11.8 Å². The Labute approximate surface area is 69.4 Å². The van der Waals surface area contributed by atoms with Crippen molar-refractivity contribution in [3.05, 3.63) is 12.3 Å². The van der Waals surface area contributed by atoms with Crippen molar-refractivity contribution in [3.8, 4) is 0 Å². The number of thioether (sulfide) groups is 1. The molecule has 0 bridgehead atoms. The minimum Gasteiger partial charge on any atom is -0.368 e. The predicted molar refractivity (Wildman–Crippen MR) is 43.0 cm³/mol. The summed E-state index contributed by atoms with van der Waals surface area (Å²) in [5, 5.41) is 0.234. The fraction of sp³-hybridized carbons (Fsp3) is 0.571. The number of methoxy groups -OCH3 is 1. The summed E-state index contributed by atoms with van der Waals surface area (Å²) in [5.74, 6) is 1.06. The van der Waals surface area contributed by atoms with Gasteiger partial charge in [-0.15, -0.1) is 11.8 Å². The lowest BCUT2D eigenvalue weighted by Crippen LogP contribution is -2.62. The number of fused-ring (bicyclic) bond motifs is 1. The molecule has 0 saturated carbocycles. The van der Waals surface area contributed by atoms with Crippen LogP contribution in [0.15, 0.2) is 12.3 Å². The van der Waals surface area contributed by atoms with Gasteiger partial charge in [-0.1, -0.05) is 6.08 Å². The van der Waals surface area contributed by atoms with Gasteiger partial charge >= 0.3 is 0 Å². The van der Waals surface area contributed by atoms with E-state index in [4.69, 9.17) is 4.74 Å². The van der Waals surface area contributed by atoms with E-state index in [2.05, 4.69) is 0 Å². The molecule has 0 aromatic carbocycles. The van der Waals surface area contributed by atoms with Crippen LogP contribution in [0.25, 0.3) is 0 Å². The molecule has 2 aliphatic heterocycles. The molecule has 0 aromatic heterocycles. The van der Waals surface area contributed by atoms with E-state index in [-0.39, 0.29) is 17.4 Å². The van der Waals surface area contributed by atoms with Gasteiger partial charge in [0.15, 0.2) is 6.10 Å². The lowest BCUT2D eigenvalue weighted by atomic mass is 10.1. The average Bonchev–Trinajstić information content (AvgIpc) is 2.05. The van der Waals surface area contributed by atoms with Crippen molar-refractivity contribution in [1.82, 2.24) is 4.90 Å². The fourth-order valence-corrected chi connectivity index (χ4v) is 2.44. The number of ether oxygens (including phenoxy) is 1. The van der Waals surface area contributed by atoms with E-state index in [0.717, 1.165) is 5.75 Å². The second kappa shape index (κ2) is 2.53. The highest BCUT2D eigenvalue weighted by Crippen LogP contribution is 2.34. The Hall–Kier alpha value is -0.480. The molecule has 0 spiro atoms. The Morgan fingerprint density at radius 2 is 2.64 bits per heavy atom. The number of hydrogen-bond acceptors (Lipinski definition) is 3. The molecular weight excluding hydrogens is 162 g/mol. The summed E-state index contributed by atoms with van der Waals surface area (Å²) in [6, 6.07) is 0. The molecule has 11 heavy (non-hydrogen) atoms. The van der Waals surface area contributed by atoms with Gasteiger partial charge in [0.25, 0.3) is 5.91 Å². The first kappa shape index (κ1) is 7.18. The van der Waals surface area contributed by atoms with Crippen LogP contribution in [0.2, 0.25) is 0 Å². The molecule has 0 aromatic rings. The maximum atomic E-state index is 11.2. The number of carbonyl (C=O) groups excluding carboxylic acids is 1. The molecule has 60 valence electrons. The molecular formula is C7H9NO2S. The number of nitrogens with zero attached hydrogens (tertiary/aromatic N) is 1. The highest BCUT2D eigenvalue weighted by molar-refractivity contribution is 8.00. The van der Waals surface area contributed by atoms with Crippen LogP contribution in [0.3, 0.4) is 0 Å². The maximum absolute atomic E-state index is 11.2.